The van der Waals surface area contributed by atoms with E-state index in [4.69, 9.17) is 0 Å². The van der Waals surface area contributed by atoms with E-state index in [-0.39, 0.29) is 5.91 Å². The summed E-state index contributed by atoms with van der Waals surface area (Å²) >= 11 is 1.61. The summed E-state index contributed by atoms with van der Waals surface area (Å²) in [5.41, 5.74) is 6.66. The normalized spacial score (nSPS) is 15.2. The van der Waals surface area contributed by atoms with E-state index in [9.17, 15) is 4.79 Å². The molecule has 0 bridgehead atoms. The van der Waals surface area contributed by atoms with Gasteiger partial charge in [0, 0.05) is 23.7 Å². The Bertz CT molecular complexity index is 733. The molecule has 0 saturated heterocycles. The molecule has 3 rings (SSSR count). The maximum atomic E-state index is 12.3. The van der Waals surface area contributed by atoms with Gasteiger partial charge in [0.15, 0.2) is 0 Å². The zero-order valence-electron chi connectivity index (χ0n) is 13.8. The molecule has 6 heteroatoms. The third-order valence-corrected chi connectivity index (χ3v) is 5.43. The van der Waals surface area contributed by atoms with E-state index >= 15 is 0 Å². The molecule has 1 aliphatic rings. The van der Waals surface area contributed by atoms with E-state index in [2.05, 4.69) is 15.6 Å². The van der Waals surface area contributed by atoms with Crippen LogP contribution >= 0.6 is 11.3 Å². The molecule has 2 heterocycles. The van der Waals surface area contributed by atoms with Crippen molar-refractivity contribution >= 4 is 23.0 Å². The van der Waals surface area contributed by atoms with E-state index in [1.165, 1.54) is 29.7 Å². The van der Waals surface area contributed by atoms with Crippen LogP contribution < -0.4 is 5.43 Å². The van der Waals surface area contributed by atoms with Crippen LogP contribution in [0.5, 0.6) is 0 Å². The maximum absolute atomic E-state index is 12.3. The van der Waals surface area contributed by atoms with E-state index in [0.29, 0.717) is 0 Å². The minimum Gasteiger partial charge on any atom is -0.275 e. The average Bonchev–Trinajstić information content (AvgIpc) is 3.00. The molecule has 122 valence electrons. The Kier molecular flexibility index (Phi) is 4.61. The summed E-state index contributed by atoms with van der Waals surface area (Å²) in [6.45, 7) is 3.82. The Labute approximate surface area is 140 Å². The van der Waals surface area contributed by atoms with Crippen LogP contribution in [0.4, 0.5) is 0 Å². The van der Waals surface area contributed by atoms with Crippen molar-refractivity contribution in [1.82, 2.24) is 15.2 Å². The highest BCUT2D eigenvalue weighted by Crippen LogP contribution is 2.28. The van der Waals surface area contributed by atoms with Gasteiger partial charge in [-0.3, -0.25) is 9.48 Å². The Morgan fingerprint density at radius 1 is 1.35 bits per heavy atom. The van der Waals surface area contributed by atoms with Gasteiger partial charge in [0.1, 0.15) is 0 Å². The molecule has 2 aromatic heterocycles. The minimum absolute atomic E-state index is 0.121. The summed E-state index contributed by atoms with van der Waals surface area (Å²) < 4.78 is 1.75. The van der Waals surface area contributed by atoms with Gasteiger partial charge in [-0.25, -0.2) is 5.43 Å². The molecule has 23 heavy (non-hydrogen) atoms. The van der Waals surface area contributed by atoms with Gasteiger partial charge in [-0.15, -0.1) is 11.3 Å². The highest BCUT2D eigenvalue weighted by Gasteiger charge is 2.16. The number of aryl methyl sites for hydroxylation is 4. The molecule has 1 N–H and O–H groups in total. The quantitative estimate of drug-likeness (QED) is 0.534. The molecule has 0 aliphatic heterocycles. The Morgan fingerprint density at radius 2 is 2.13 bits per heavy atom. The van der Waals surface area contributed by atoms with Crippen LogP contribution in [-0.2, 0) is 19.9 Å². The van der Waals surface area contributed by atoms with Gasteiger partial charge >= 0.3 is 0 Å². The number of carbonyl (C=O) groups excluding carboxylic acids is 1. The number of hydrazone groups is 1. The Balaban J connectivity index is 1.72. The highest BCUT2D eigenvalue weighted by atomic mass is 32.1. The lowest BCUT2D eigenvalue weighted by Gasteiger charge is -2.00. The predicted molar refractivity (Wildman–Crippen MR) is 93.2 cm³/mol. The SMILES string of the molecule is C/C(=N\NC(=O)c1cc2c(s1)CCCCC2)c1cn(C)nc1C. The molecule has 1 aliphatic carbocycles. The van der Waals surface area contributed by atoms with Crippen LogP contribution in [-0.4, -0.2) is 21.4 Å². The van der Waals surface area contributed by atoms with Crippen molar-refractivity contribution in [2.75, 3.05) is 0 Å². The van der Waals surface area contributed by atoms with E-state index < -0.39 is 0 Å². The van der Waals surface area contributed by atoms with Gasteiger partial charge in [-0.05, 0) is 51.2 Å². The highest BCUT2D eigenvalue weighted by molar-refractivity contribution is 7.14. The average molecular weight is 330 g/mol. The van der Waals surface area contributed by atoms with E-state index in [1.54, 1.807) is 16.0 Å². The first-order chi connectivity index (χ1) is 11.0. The lowest BCUT2D eigenvalue weighted by molar-refractivity contribution is 0.0959. The third-order valence-electron chi connectivity index (χ3n) is 4.20. The summed E-state index contributed by atoms with van der Waals surface area (Å²) in [6.07, 6.45) is 7.85. The number of fused-ring (bicyclic) bond motifs is 1. The van der Waals surface area contributed by atoms with E-state index in [0.717, 1.165) is 34.7 Å². The molecule has 0 unspecified atom stereocenters. The number of thiophene rings is 1. The number of hydrogen-bond donors (Lipinski definition) is 1. The molecule has 2 aromatic rings. The lowest BCUT2D eigenvalue weighted by Crippen LogP contribution is -2.18. The van der Waals surface area contributed by atoms with Crippen LogP contribution in [0.3, 0.4) is 0 Å². The molecular weight excluding hydrogens is 308 g/mol. The molecule has 0 saturated carbocycles. The van der Waals surface area contributed by atoms with Crippen LogP contribution in [0.25, 0.3) is 0 Å². The van der Waals surface area contributed by atoms with Gasteiger partial charge in [-0.1, -0.05) is 6.42 Å². The maximum Gasteiger partial charge on any atom is 0.281 e. The zero-order chi connectivity index (χ0) is 16.4. The van der Waals surface area contributed by atoms with Gasteiger partial charge in [0.25, 0.3) is 5.91 Å². The molecule has 0 atom stereocenters. The number of aromatic nitrogens is 2. The topological polar surface area (TPSA) is 59.3 Å². The van der Waals surface area contributed by atoms with Crippen molar-refractivity contribution in [2.45, 2.75) is 46.0 Å². The predicted octanol–water partition coefficient (Wildman–Crippen LogP) is 3.21. The fourth-order valence-electron chi connectivity index (χ4n) is 2.98. The summed E-state index contributed by atoms with van der Waals surface area (Å²) in [7, 11) is 1.88. The monoisotopic (exact) mass is 330 g/mol. The van der Waals surface area contributed by atoms with Gasteiger partial charge < -0.3 is 0 Å². The fraction of sp³-hybridized carbons (Fsp3) is 0.471. The molecule has 5 nitrogen and oxygen atoms in total. The number of amides is 1. The number of nitrogens with zero attached hydrogens (tertiary/aromatic N) is 3. The summed E-state index contributed by atoms with van der Waals surface area (Å²) in [4.78, 5) is 14.5. The smallest absolute Gasteiger partial charge is 0.275 e. The molecule has 1 amide bonds. The number of carbonyl (C=O) groups is 1. The van der Waals surface area contributed by atoms with Crippen molar-refractivity contribution in [1.29, 1.82) is 0 Å². The van der Waals surface area contributed by atoms with Crippen molar-refractivity contribution in [3.8, 4) is 0 Å². The van der Waals surface area contributed by atoms with Crippen molar-refractivity contribution in [3.63, 3.8) is 0 Å². The van der Waals surface area contributed by atoms with Gasteiger partial charge in [0.2, 0.25) is 0 Å². The molecule has 0 spiro atoms. The number of nitrogens with one attached hydrogen (secondary N) is 1. The third kappa shape index (κ3) is 3.52. The summed E-state index contributed by atoms with van der Waals surface area (Å²) in [6, 6.07) is 2.04. The van der Waals surface area contributed by atoms with Crippen molar-refractivity contribution in [3.05, 3.63) is 38.8 Å². The van der Waals surface area contributed by atoms with Gasteiger partial charge in [-0.2, -0.15) is 10.2 Å². The second-order valence-corrected chi connectivity index (χ2v) is 7.20. The number of hydrogen-bond acceptors (Lipinski definition) is 4. The number of rotatable bonds is 3. The molecule has 0 aromatic carbocycles. The second kappa shape index (κ2) is 6.66. The molecule has 0 radical (unpaired) electrons. The van der Waals surface area contributed by atoms with Crippen LogP contribution in [0, 0.1) is 6.92 Å². The van der Waals surface area contributed by atoms with Gasteiger partial charge in [0.05, 0.1) is 16.3 Å². The summed E-state index contributed by atoms with van der Waals surface area (Å²) in [5, 5.41) is 8.54. The zero-order valence-corrected chi connectivity index (χ0v) is 14.7. The molecule has 0 fully saturated rings. The minimum atomic E-state index is -0.121. The van der Waals surface area contributed by atoms with Crippen LogP contribution in [0.15, 0.2) is 17.4 Å². The van der Waals surface area contributed by atoms with Crippen LogP contribution in [0.1, 0.15) is 57.6 Å². The first-order valence-corrected chi connectivity index (χ1v) is 8.83. The van der Waals surface area contributed by atoms with Crippen LogP contribution in [0.2, 0.25) is 0 Å². The largest absolute Gasteiger partial charge is 0.281 e. The molecular formula is C17H22N4OS. The Hall–Kier alpha value is -1.95. The fourth-order valence-corrected chi connectivity index (χ4v) is 4.13. The second-order valence-electron chi connectivity index (χ2n) is 6.06. The lowest BCUT2D eigenvalue weighted by atomic mass is 10.1. The standard InChI is InChI=1S/C17H22N4OS/c1-11(14-10-21(3)20-12(14)2)18-19-17(22)16-9-13-7-5-4-6-8-15(13)23-16/h9-10H,4-8H2,1-3H3,(H,19,22)/b18-11+. The summed E-state index contributed by atoms with van der Waals surface area (Å²) in [5.74, 6) is -0.121. The van der Waals surface area contributed by atoms with Crippen molar-refractivity contribution in [2.24, 2.45) is 12.1 Å². The first kappa shape index (κ1) is 15.9. The van der Waals surface area contributed by atoms with E-state index in [1.807, 2.05) is 33.2 Å². The van der Waals surface area contributed by atoms with Crippen molar-refractivity contribution < 1.29 is 4.79 Å². The first-order valence-electron chi connectivity index (χ1n) is 8.01. The Morgan fingerprint density at radius 3 is 2.87 bits per heavy atom.